The van der Waals surface area contributed by atoms with E-state index in [1.165, 1.54) is 21.9 Å². The Kier molecular flexibility index (Phi) is 5.31. The van der Waals surface area contributed by atoms with Crippen molar-refractivity contribution in [3.05, 3.63) is 83.4 Å². The summed E-state index contributed by atoms with van der Waals surface area (Å²) in [5, 5.41) is 5.99. The maximum atomic E-state index is 12.9. The van der Waals surface area contributed by atoms with Crippen molar-refractivity contribution in [1.29, 1.82) is 0 Å². The Bertz CT molecular complexity index is 984. The van der Waals surface area contributed by atoms with Gasteiger partial charge in [0.2, 0.25) is 0 Å². The van der Waals surface area contributed by atoms with Crippen LogP contribution in [0.3, 0.4) is 0 Å². The van der Waals surface area contributed by atoms with Gasteiger partial charge in [0.1, 0.15) is 0 Å². The summed E-state index contributed by atoms with van der Waals surface area (Å²) in [6.07, 6.45) is 0.960. The Hall–Kier alpha value is -2.85. The zero-order valence-corrected chi connectivity index (χ0v) is 16.6. The lowest BCUT2D eigenvalue weighted by Crippen LogP contribution is -2.48. The number of hydrogen-bond acceptors (Lipinski definition) is 2. The van der Waals surface area contributed by atoms with Crippen molar-refractivity contribution < 1.29 is 4.79 Å². The van der Waals surface area contributed by atoms with Crippen LogP contribution >= 0.6 is 0 Å². The number of carbonyl (C=O) groups excluding carboxylic acids is 1. The standard InChI is InChI=1S/C24H27N3O/c1-26(16-18-11-12-19-7-3-4-8-20(19)13-18)24(28)27(2)17-23-14-21-9-5-6-10-22(21)15-25-23/h3-13,23,25H,14-17H2,1-2H3/t23-/m0/s1. The smallest absolute Gasteiger partial charge is 0.319 e. The second kappa shape index (κ2) is 8.03. The molecule has 3 aromatic rings. The molecule has 1 N–H and O–H groups in total. The van der Waals surface area contributed by atoms with Gasteiger partial charge in [-0.2, -0.15) is 0 Å². The summed E-state index contributed by atoms with van der Waals surface area (Å²) >= 11 is 0. The van der Waals surface area contributed by atoms with Crippen LogP contribution in [0.4, 0.5) is 4.79 Å². The quantitative estimate of drug-likeness (QED) is 0.749. The van der Waals surface area contributed by atoms with Crippen LogP contribution in [0.25, 0.3) is 10.8 Å². The third-order valence-corrected chi connectivity index (χ3v) is 5.55. The van der Waals surface area contributed by atoms with Crippen molar-refractivity contribution in [3.63, 3.8) is 0 Å². The summed E-state index contributed by atoms with van der Waals surface area (Å²) in [5.41, 5.74) is 3.89. The molecule has 0 radical (unpaired) electrons. The van der Waals surface area contributed by atoms with Crippen molar-refractivity contribution in [3.8, 4) is 0 Å². The molecule has 144 valence electrons. The lowest BCUT2D eigenvalue weighted by molar-refractivity contribution is 0.165. The second-order valence-corrected chi connectivity index (χ2v) is 7.75. The first-order valence-corrected chi connectivity index (χ1v) is 9.84. The van der Waals surface area contributed by atoms with Crippen molar-refractivity contribution in [2.75, 3.05) is 20.6 Å². The molecule has 4 nitrogen and oxygen atoms in total. The molecule has 3 aromatic carbocycles. The number of nitrogens with one attached hydrogen (secondary N) is 1. The van der Waals surface area contributed by atoms with E-state index in [0.29, 0.717) is 13.1 Å². The highest BCUT2D eigenvalue weighted by atomic mass is 16.2. The zero-order valence-electron chi connectivity index (χ0n) is 16.6. The van der Waals surface area contributed by atoms with Crippen LogP contribution in [0.1, 0.15) is 16.7 Å². The molecule has 0 fully saturated rings. The molecule has 28 heavy (non-hydrogen) atoms. The van der Waals surface area contributed by atoms with E-state index in [1.807, 2.05) is 31.1 Å². The lowest BCUT2D eigenvalue weighted by Gasteiger charge is -2.32. The Labute approximate surface area is 166 Å². The first-order chi connectivity index (χ1) is 13.6. The molecule has 1 atom stereocenters. The van der Waals surface area contributed by atoms with E-state index in [0.717, 1.165) is 18.5 Å². The molecule has 0 spiro atoms. The summed E-state index contributed by atoms with van der Waals surface area (Å²) in [4.78, 5) is 16.5. The maximum Gasteiger partial charge on any atom is 0.319 e. The van der Waals surface area contributed by atoms with Crippen LogP contribution < -0.4 is 5.32 Å². The number of amides is 2. The third kappa shape index (κ3) is 4.02. The van der Waals surface area contributed by atoms with E-state index in [9.17, 15) is 4.79 Å². The number of urea groups is 1. The first-order valence-electron chi connectivity index (χ1n) is 9.84. The number of fused-ring (bicyclic) bond motifs is 2. The van der Waals surface area contributed by atoms with Gasteiger partial charge >= 0.3 is 6.03 Å². The van der Waals surface area contributed by atoms with E-state index in [4.69, 9.17) is 0 Å². The molecule has 1 aliphatic rings. The highest BCUT2D eigenvalue weighted by Crippen LogP contribution is 2.18. The number of likely N-dealkylation sites (N-methyl/N-ethyl adjacent to an activating group) is 1. The van der Waals surface area contributed by atoms with Crippen molar-refractivity contribution >= 4 is 16.8 Å². The van der Waals surface area contributed by atoms with Gasteiger partial charge < -0.3 is 15.1 Å². The maximum absolute atomic E-state index is 12.9. The summed E-state index contributed by atoms with van der Waals surface area (Å²) in [6.45, 7) is 2.18. The molecule has 2 amide bonds. The molecule has 0 saturated heterocycles. The van der Waals surface area contributed by atoms with Crippen molar-refractivity contribution in [1.82, 2.24) is 15.1 Å². The Morgan fingerprint density at radius 3 is 2.46 bits per heavy atom. The highest BCUT2D eigenvalue weighted by molar-refractivity contribution is 5.83. The third-order valence-electron chi connectivity index (χ3n) is 5.55. The first kappa shape index (κ1) is 18.5. The largest absolute Gasteiger partial charge is 0.326 e. The highest BCUT2D eigenvalue weighted by Gasteiger charge is 2.22. The van der Waals surface area contributed by atoms with Gasteiger partial charge in [-0.15, -0.1) is 0 Å². The van der Waals surface area contributed by atoms with E-state index in [2.05, 4.69) is 59.9 Å². The van der Waals surface area contributed by atoms with Gasteiger partial charge in [-0.25, -0.2) is 4.79 Å². The van der Waals surface area contributed by atoms with Gasteiger partial charge in [-0.3, -0.25) is 0 Å². The molecule has 1 aliphatic heterocycles. The fraction of sp³-hybridized carbons (Fsp3) is 0.292. The molecule has 4 heteroatoms. The number of benzene rings is 3. The van der Waals surface area contributed by atoms with Gasteiger partial charge in [0.05, 0.1) is 0 Å². The minimum absolute atomic E-state index is 0.0498. The van der Waals surface area contributed by atoms with Gasteiger partial charge in [0, 0.05) is 39.8 Å². The van der Waals surface area contributed by atoms with E-state index < -0.39 is 0 Å². The van der Waals surface area contributed by atoms with E-state index in [-0.39, 0.29) is 12.1 Å². The van der Waals surface area contributed by atoms with Crippen LogP contribution in [-0.4, -0.2) is 42.5 Å². The van der Waals surface area contributed by atoms with Crippen LogP contribution in [-0.2, 0) is 19.5 Å². The fourth-order valence-electron chi connectivity index (χ4n) is 4.03. The van der Waals surface area contributed by atoms with Crippen molar-refractivity contribution in [2.24, 2.45) is 0 Å². The van der Waals surface area contributed by atoms with E-state index >= 15 is 0 Å². The normalized spacial score (nSPS) is 15.9. The fourth-order valence-corrected chi connectivity index (χ4v) is 4.03. The van der Waals surface area contributed by atoms with Gasteiger partial charge in [-0.05, 0) is 39.9 Å². The molecule has 1 heterocycles. The summed E-state index contributed by atoms with van der Waals surface area (Å²) in [5.74, 6) is 0. The summed E-state index contributed by atoms with van der Waals surface area (Å²) in [7, 11) is 3.76. The number of rotatable bonds is 4. The SMILES string of the molecule is CN(Cc1ccc2ccccc2c1)C(=O)N(C)C[C@@H]1Cc2ccccc2CN1. The summed E-state index contributed by atoms with van der Waals surface area (Å²) < 4.78 is 0. The Morgan fingerprint density at radius 2 is 1.64 bits per heavy atom. The molecule has 0 aromatic heterocycles. The minimum atomic E-state index is 0.0498. The predicted octanol–water partition coefficient (Wildman–Crippen LogP) is 4.04. The Balaban J connectivity index is 1.36. The van der Waals surface area contributed by atoms with Gasteiger partial charge in [0.15, 0.2) is 0 Å². The second-order valence-electron chi connectivity index (χ2n) is 7.75. The van der Waals surface area contributed by atoms with Crippen LogP contribution in [0.5, 0.6) is 0 Å². The van der Waals surface area contributed by atoms with Crippen molar-refractivity contribution in [2.45, 2.75) is 25.6 Å². The Morgan fingerprint density at radius 1 is 0.929 bits per heavy atom. The molecule has 4 rings (SSSR count). The topological polar surface area (TPSA) is 35.6 Å². The van der Waals surface area contributed by atoms with E-state index in [1.54, 1.807) is 4.90 Å². The van der Waals surface area contributed by atoms with Crippen LogP contribution in [0.2, 0.25) is 0 Å². The number of hydrogen-bond donors (Lipinski definition) is 1. The number of carbonyl (C=O) groups is 1. The monoisotopic (exact) mass is 373 g/mol. The predicted molar refractivity (Wildman–Crippen MR) is 114 cm³/mol. The molecule has 0 bridgehead atoms. The zero-order chi connectivity index (χ0) is 19.5. The lowest BCUT2D eigenvalue weighted by atomic mass is 9.96. The summed E-state index contributed by atoms with van der Waals surface area (Å²) in [6, 6.07) is 23.6. The molecule has 0 aliphatic carbocycles. The van der Waals surface area contributed by atoms with Crippen LogP contribution in [0.15, 0.2) is 66.7 Å². The molecule has 0 unspecified atom stereocenters. The number of nitrogens with zero attached hydrogens (tertiary/aromatic N) is 2. The van der Waals surface area contributed by atoms with Gasteiger partial charge in [0.25, 0.3) is 0 Å². The van der Waals surface area contributed by atoms with Gasteiger partial charge in [-0.1, -0.05) is 60.7 Å². The molecular formula is C24H27N3O. The average molecular weight is 374 g/mol. The minimum Gasteiger partial charge on any atom is -0.326 e. The molecule has 0 saturated carbocycles. The molecular weight excluding hydrogens is 346 g/mol. The average Bonchev–Trinajstić information content (AvgIpc) is 2.73. The van der Waals surface area contributed by atoms with Crippen LogP contribution in [0, 0.1) is 0 Å².